The second kappa shape index (κ2) is 5.86. The van der Waals surface area contributed by atoms with Crippen molar-refractivity contribution in [2.24, 2.45) is 5.41 Å². The van der Waals surface area contributed by atoms with Crippen molar-refractivity contribution in [1.82, 2.24) is 4.98 Å². The van der Waals surface area contributed by atoms with Crippen LogP contribution in [0.1, 0.15) is 38.3 Å². The van der Waals surface area contributed by atoms with Gasteiger partial charge in [-0.25, -0.2) is 9.78 Å². The molecule has 20 heavy (non-hydrogen) atoms. The van der Waals surface area contributed by atoms with Crippen molar-refractivity contribution < 1.29 is 14.7 Å². The molecule has 1 fully saturated rings. The van der Waals surface area contributed by atoms with Crippen LogP contribution in [0, 0.1) is 5.41 Å². The quantitative estimate of drug-likeness (QED) is 0.827. The minimum absolute atomic E-state index is 0.0122. The number of amides is 1. The fourth-order valence-electron chi connectivity index (χ4n) is 2.42. The Labute approximate surface area is 117 Å². The van der Waals surface area contributed by atoms with Gasteiger partial charge in [-0.2, -0.15) is 0 Å². The molecule has 0 radical (unpaired) electrons. The summed E-state index contributed by atoms with van der Waals surface area (Å²) in [7, 11) is 0. The normalized spacial score (nSPS) is 17.2. The molecule has 1 aliphatic rings. The van der Waals surface area contributed by atoms with Crippen LogP contribution in [-0.2, 0) is 9.59 Å². The first-order valence-corrected chi connectivity index (χ1v) is 6.69. The third kappa shape index (κ3) is 3.44. The first-order chi connectivity index (χ1) is 9.49. The largest absolute Gasteiger partial charge is 0.478 e. The number of nitrogens with zero attached hydrogens (tertiary/aromatic N) is 1. The lowest BCUT2D eigenvalue weighted by Gasteiger charge is -2.21. The predicted octanol–water partition coefficient (Wildman–Crippen LogP) is 2.70. The Morgan fingerprint density at radius 2 is 2.05 bits per heavy atom. The maximum absolute atomic E-state index is 12.3. The third-order valence-corrected chi connectivity index (χ3v) is 3.66. The number of pyridine rings is 1. The SMILES string of the molecule is CC1(C(=O)Nc2cccc(/C=C/C(=O)O)n2)CCCC1. The number of aliphatic carboxylic acids is 1. The zero-order chi connectivity index (χ0) is 14.6. The van der Waals surface area contributed by atoms with Crippen molar-refractivity contribution >= 4 is 23.8 Å². The van der Waals surface area contributed by atoms with Crippen molar-refractivity contribution in [2.45, 2.75) is 32.6 Å². The second-order valence-electron chi connectivity index (χ2n) is 5.34. The maximum Gasteiger partial charge on any atom is 0.328 e. The molecule has 1 saturated carbocycles. The average Bonchev–Trinajstić information content (AvgIpc) is 2.85. The van der Waals surface area contributed by atoms with Crippen LogP contribution in [0.15, 0.2) is 24.3 Å². The highest BCUT2D eigenvalue weighted by Gasteiger charge is 2.36. The van der Waals surface area contributed by atoms with Crippen molar-refractivity contribution in [1.29, 1.82) is 0 Å². The van der Waals surface area contributed by atoms with Crippen molar-refractivity contribution in [2.75, 3.05) is 5.32 Å². The van der Waals surface area contributed by atoms with Crippen LogP contribution in [0.25, 0.3) is 6.08 Å². The Morgan fingerprint density at radius 3 is 2.70 bits per heavy atom. The van der Waals surface area contributed by atoms with Gasteiger partial charge in [-0.1, -0.05) is 25.8 Å². The fraction of sp³-hybridized carbons (Fsp3) is 0.400. The molecule has 0 unspecified atom stereocenters. The molecule has 1 aromatic heterocycles. The van der Waals surface area contributed by atoms with Gasteiger partial charge in [-0.05, 0) is 31.1 Å². The highest BCUT2D eigenvalue weighted by molar-refractivity contribution is 5.94. The number of hydrogen-bond acceptors (Lipinski definition) is 3. The topological polar surface area (TPSA) is 79.3 Å². The highest BCUT2D eigenvalue weighted by atomic mass is 16.4. The monoisotopic (exact) mass is 274 g/mol. The summed E-state index contributed by atoms with van der Waals surface area (Å²) in [6.07, 6.45) is 6.38. The van der Waals surface area contributed by atoms with E-state index in [0.29, 0.717) is 11.5 Å². The van der Waals surface area contributed by atoms with E-state index in [2.05, 4.69) is 10.3 Å². The molecule has 0 aliphatic heterocycles. The van der Waals surface area contributed by atoms with E-state index in [-0.39, 0.29) is 11.3 Å². The first kappa shape index (κ1) is 14.2. The van der Waals surface area contributed by atoms with Crippen LogP contribution in [0.2, 0.25) is 0 Å². The smallest absolute Gasteiger partial charge is 0.328 e. The zero-order valence-electron chi connectivity index (χ0n) is 11.4. The van der Waals surface area contributed by atoms with Crippen molar-refractivity contribution in [3.63, 3.8) is 0 Å². The van der Waals surface area contributed by atoms with Crippen LogP contribution in [-0.4, -0.2) is 22.0 Å². The van der Waals surface area contributed by atoms with Gasteiger partial charge in [0.2, 0.25) is 5.91 Å². The molecule has 1 aromatic rings. The number of aromatic nitrogens is 1. The number of carboxylic acids is 1. The van der Waals surface area contributed by atoms with Gasteiger partial charge < -0.3 is 10.4 Å². The standard InChI is InChI=1S/C15H18N2O3/c1-15(9-2-3-10-15)14(20)17-12-6-4-5-11(16-12)7-8-13(18)19/h4-8H,2-3,9-10H2,1H3,(H,18,19)(H,16,17,20)/b8-7+. The van der Waals surface area contributed by atoms with Gasteiger partial charge in [0, 0.05) is 11.5 Å². The number of anilines is 1. The summed E-state index contributed by atoms with van der Waals surface area (Å²) in [5, 5.41) is 11.4. The zero-order valence-corrected chi connectivity index (χ0v) is 11.4. The first-order valence-electron chi connectivity index (χ1n) is 6.69. The molecule has 5 heteroatoms. The summed E-state index contributed by atoms with van der Waals surface area (Å²) >= 11 is 0. The lowest BCUT2D eigenvalue weighted by atomic mass is 9.88. The molecule has 2 rings (SSSR count). The van der Waals surface area contributed by atoms with E-state index >= 15 is 0 Å². The van der Waals surface area contributed by atoms with Gasteiger partial charge in [0.05, 0.1) is 5.69 Å². The third-order valence-electron chi connectivity index (χ3n) is 3.66. The van der Waals surface area contributed by atoms with Crippen LogP contribution < -0.4 is 5.32 Å². The Morgan fingerprint density at radius 1 is 1.35 bits per heavy atom. The minimum Gasteiger partial charge on any atom is -0.478 e. The molecule has 2 N–H and O–H groups in total. The average molecular weight is 274 g/mol. The Hall–Kier alpha value is -2.17. The van der Waals surface area contributed by atoms with Crippen molar-refractivity contribution in [3.05, 3.63) is 30.0 Å². The lowest BCUT2D eigenvalue weighted by molar-refractivity contribution is -0.131. The molecule has 1 amide bonds. The fourth-order valence-corrected chi connectivity index (χ4v) is 2.42. The van der Waals surface area contributed by atoms with E-state index in [9.17, 15) is 9.59 Å². The van der Waals surface area contributed by atoms with Gasteiger partial charge >= 0.3 is 5.97 Å². The molecular formula is C15H18N2O3. The Balaban J connectivity index is 2.08. The number of carboxylic acid groups (broad SMARTS) is 1. The van der Waals surface area contributed by atoms with E-state index < -0.39 is 5.97 Å². The van der Waals surface area contributed by atoms with Gasteiger partial charge in [0.25, 0.3) is 0 Å². The molecule has 0 aromatic carbocycles. The number of hydrogen-bond donors (Lipinski definition) is 2. The van der Waals surface area contributed by atoms with Gasteiger partial charge in [0.15, 0.2) is 0 Å². The Bertz CT molecular complexity index is 546. The summed E-state index contributed by atoms with van der Waals surface area (Å²) in [5.41, 5.74) is 0.191. The molecule has 1 heterocycles. The number of nitrogens with one attached hydrogen (secondary N) is 1. The maximum atomic E-state index is 12.3. The molecule has 0 atom stereocenters. The summed E-state index contributed by atoms with van der Waals surface area (Å²) in [6, 6.07) is 5.13. The summed E-state index contributed by atoms with van der Waals surface area (Å²) < 4.78 is 0. The predicted molar refractivity (Wildman–Crippen MR) is 76.1 cm³/mol. The molecule has 106 valence electrons. The molecule has 1 aliphatic carbocycles. The lowest BCUT2D eigenvalue weighted by Crippen LogP contribution is -2.31. The van der Waals surface area contributed by atoms with Gasteiger partial charge in [-0.3, -0.25) is 4.79 Å². The number of rotatable bonds is 4. The van der Waals surface area contributed by atoms with E-state index in [1.807, 2.05) is 6.92 Å². The number of carbonyl (C=O) groups is 2. The summed E-state index contributed by atoms with van der Waals surface area (Å²) in [4.78, 5) is 26.9. The molecule has 0 bridgehead atoms. The van der Waals surface area contributed by atoms with E-state index in [0.717, 1.165) is 31.8 Å². The molecule has 0 saturated heterocycles. The highest BCUT2D eigenvalue weighted by Crippen LogP contribution is 2.38. The molecule has 5 nitrogen and oxygen atoms in total. The second-order valence-corrected chi connectivity index (χ2v) is 5.34. The molecular weight excluding hydrogens is 256 g/mol. The van der Waals surface area contributed by atoms with Crippen LogP contribution in [0.5, 0.6) is 0 Å². The van der Waals surface area contributed by atoms with Gasteiger partial charge in [-0.15, -0.1) is 0 Å². The van der Waals surface area contributed by atoms with E-state index in [1.165, 1.54) is 6.08 Å². The van der Waals surface area contributed by atoms with Crippen molar-refractivity contribution in [3.8, 4) is 0 Å². The molecule has 0 spiro atoms. The Kier molecular flexibility index (Phi) is 4.17. The van der Waals surface area contributed by atoms with E-state index in [4.69, 9.17) is 5.11 Å². The number of carbonyl (C=O) groups excluding carboxylic acids is 1. The minimum atomic E-state index is -1.03. The van der Waals surface area contributed by atoms with E-state index in [1.54, 1.807) is 18.2 Å². The summed E-state index contributed by atoms with van der Waals surface area (Å²) in [5.74, 6) is -0.586. The summed E-state index contributed by atoms with van der Waals surface area (Å²) in [6.45, 7) is 1.98. The van der Waals surface area contributed by atoms with Crippen LogP contribution in [0.3, 0.4) is 0 Å². The van der Waals surface area contributed by atoms with Crippen LogP contribution >= 0.6 is 0 Å². The van der Waals surface area contributed by atoms with Crippen LogP contribution in [0.4, 0.5) is 5.82 Å². The van der Waals surface area contributed by atoms with Gasteiger partial charge in [0.1, 0.15) is 5.82 Å².